The van der Waals surface area contributed by atoms with Crippen LogP contribution in [0.25, 0.3) is 0 Å². The SMILES string of the molecule is CC1CCC(CNC(C)c2ccc(F)c(Cl)c2)C1. The maximum Gasteiger partial charge on any atom is 0.141 e. The number of rotatable bonds is 4. The van der Waals surface area contributed by atoms with E-state index >= 15 is 0 Å². The van der Waals surface area contributed by atoms with Gasteiger partial charge in [-0.3, -0.25) is 0 Å². The third-order valence-corrected chi connectivity index (χ3v) is 4.25. The molecule has 0 aromatic heterocycles. The molecule has 0 heterocycles. The predicted molar refractivity (Wildman–Crippen MR) is 74.3 cm³/mol. The van der Waals surface area contributed by atoms with Gasteiger partial charge in [0.15, 0.2) is 0 Å². The molecule has 0 aliphatic heterocycles. The third kappa shape index (κ3) is 3.46. The van der Waals surface area contributed by atoms with E-state index in [1.165, 1.54) is 25.3 Å². The fraction of sp³-hybridized carbons (Fsp3) is 0.600. The minimum Gasteiger partial charge on any atom is -0.310 e. The van der Waals surface area contributed by atoms with Gasteiger partial charge in [-0.1, -0.05) is 31.0 Å². The molecular weight excluding hydrogens is 249 g/mol. The van der Waals surface area contributed by atoms with Crippen LogP contribution in [0.2, 0.25) is 5.02 Å². The molecule has 1 aromatic carbocycles. The Kier molecular flexibility index (Phi) is 4.63. The lowest BCUT2D eigenvalue weighted by molar-refractivity contribution is 0.440. The van der Waals surface area contributed by atoms with Crippen LogP contribution in [0.4, 0.5) is 4.39 Å². The Labute approximate surface area is 114 Å². The van der Waals surface area contributed by atoms with Gasteiger partial charge >= 0.3 is 0 Å². The van der Waals surface area contributed by atoms with Crippen LogP contribution in [0.3, 0.4) is 0 Å². The van der Waals surface area contributed by atoms with Crippen molar-refractivity contribution in [3.63, 3.8) is 0 Å². The zero-order valence-electron chi connectivity index (χ0n) is 11.0. The van der Waals surface area contributed by atoms with E-state index in [1.807, 2.05) is 0 Å². The number of halogens is 2. The predicted octanol–water partition coefficient (Wildman–Crippen LogP) is 4.57. The molecule has 0 spiro atoms. The van der Waals surface area contributed by atoms with Crippen molar-refractivity contribution in [2.75, 3.05) is 6.54 Å². The van der Waals surface area contributed by atoms with Gasteiger partial charge in [-0.15, -0.1) is 0 Å². The minimum absolute atomic E-state index is 0.204. The molecule has 100 valence electrons. The zero-order valence-corrected chi connectivity index (χ0v) is 11.8. The Morgan fingerprint density at radius 2 is 2.22 bits per heavy atom. The molecule has 1 aromatic rings. The molecule has 3 unspecified atom stereocenters. The molecule has 1 aliphatic rings. The minimum atomic E-state index is -0.350. The van der Waals surface area contributed by atoms with Crippen LogP contribution in [-0.2, 0) is 0 Å². The van der Waals surface area contributed by atoms with Crippen molar-refractivity contribution in [2.24, 2.45) is 11.8 Å². The molecule has 3 heteroatoms. The van der Waals surface area contributed by atoms with Gasteiger partial charge in [0, 0.05) is 6.04 Å². The van der Waals surface area contributed by atoms with Gasteiger partial charge in [0.1, 0.15) is 5.82 Å². The number of hydrogen-bond acceptors (Lipinski definition) is 1. The Morgan fingerprint density at radius 3 is 2.83 bits per heavy atom. The highest BCUT2D eigenvalue weighted by Gasteiger charge is 2.21. The maximum absolute atomic E-state index is 13.1. The van der Waals surface area contributed by atoms with Gasteiger partial charge in [0.2, 0.25) is 0 Å². The highest BCUT2D eigenvalue weighted by atomic mass is 35.5. The van der Waals surface area contributed by atoms with Crippen molar-refractivity contribution in [2.45, 2.75) is 39.2 Å². The first kappa shape index (κ1) is 13.8. The van der Waals surface area contributed by atoms with Gasteiger partial charge in [-0.05, 0) is 55.8 Å². The van der Waals surface area contributed by atoms with Crippen molar-refractivity contribution in [1.82, 2.24) is 5.32 Å². The molecule has 1 fully saturated rings. The second-order valence-electron chi connectivity index (χ2n) is 5.59. The van der Waals surface area contributed by atoms with Crippen molar-refractivity contribution in [3.05, 3.63) is 34.6 Å². The van der Waals surface area contributed by atoms with Crippen LogP contribution < -0.4 is 5.32 Å². The van der Waals surface area contributed by atoms with E-state index in [0.717, 1.165) is 23.9 Å². The van der Waals surface area contributed by atoms with Crippen molar-refractivity contribution in [3.8, 4) is 0 Å². The molecule has 3 atom stereocenters. The fourth-order valence-electron chi connectivity index (χ4n) is 2.75. The van der Waals surface area contributed by atoms with Crippen LogP contribution in [0.5, 0.6) is 0 Å². The van der Waals surface area contributed by atoms with E-state index in [4.69, 9.17) is 11.6 Å². The Hall–Kier alpha value is -0.600. The average molecular weight is 270 g/mol. The van der Waals surface area contributed by atoms with Gasteiger partial charge in [-0.2, -0.15) is 0 Å². The summed E-state index contributed by atoms with van der Waals surface area (Å²) >= 11 is 5.80. The first-order valence-corrected chi connectivity index (χ1v) is 7.12. The number of nitrogens with one attached hydrogen (secondary N) is 1. The van der Waals surface area contributed by atoms with E-state index in [2.05, 4.69) is 19.2 Å². The third-order valence-electron chi connectivity index (χ3n) is 3.96. The zero-order chi connectivity index (χ0) is 13.1. The summed E-state index contributed by atoms with van der Waals surface area (Å²) in [7, 11) is 0. The highest BCUT2D eigenvalue weighted by molar-refractivity contribution is 6.30. The van der Waals surface area contributed by atoms with Crippen LogP contribution in [0.1, 0.15) is 44.7 Å². The van der Waals surface area contributed by atoms with Crippen molar-refractivity contribution in [1.29, 1.82) is 0 Å². The molecule has 0 amide bonds. The second kappa shape index (κ2) is 6.03. The molecule has 2 rings (SSSR count). The summed E-state index contributed by atoms with van der Waals surface area (Å²) in [5.74, 6) is 1.31. The van der Waals surface area contributed by atoms with Gasteiger partial charge in [0.25, 0.3) is 0 Å². The average Bonchev–Trinajstić information content (AvgIpc) is 2.75. The van der Waals surface area contributed by atoms with Crippen molar-refractivity contribution >= 4 is 11.6 Å². The van der Waals surface area contributed by atoms with Crippen LogP contribution in [-0.4, -0.2) is 6.54 Å². The Bertz CT molecular complexity index is 407. The lowest BCUT2D eigenvalue weighted by atomic mass is 10.0. The van der Waals surface area contributed by atoms with E-state index in [1.54, 1.807) is 12.1 Å². The van der Waals surface area contributed by atoms with Gasteiger partial charge < -0.3 is 5.32 Å². The summed E-state index contributed by atoms with van der Waals surface area (Å²) in [4.78, 5) is 0. The summed E-state index contributed by atoms with van der Waals surface area (Å²) in [5, 5.41) is 3.73. The quantitative estimate of drug-likeness (QED) is 0.845. The molecule has 1 N–H and O–H groups in total. The highest BCUT2D eigenvalue weighted by Crippen LogP contribution is 2.30. The smallest absolute Gasteiger partial charge is 0.141 e. The van der Waals surface area contributed by atoms with Gasteiger partial charge in [0.05, 0.1) is 5.02 Å². The lowest BCUT2D eigenvalue weighted by Crippen LogP contribution is -2.24. The summed E-state index contributed by atoms with van der Waals surface area (Å²) in [6, 6.07) is 5.18. The topological polar surface area (TPSA) is 12.0 Å². The molecule has 0 bridgehead atoms. The summed E-state index contributed by atoms with van der Waals surface area (Å²) in [6.45, 7) is 5.46. The Morgan fingerprint density at radius 1 is 1.44 bits per heavy atom. The summed E-state index contributed by atoms with van der Waals surface area (Å²) < 4.78 is 13.1. The molecule has 1 aliphatic carbocycles. The largest absolute Gasteiger partial charge is 0.310 e. The lowest BCUT2D eigenvalue weighted by Gasteiger charge is -2.18. The molecular formula is C15H21ClFN. The molecule has 18 heavy (non-hydrogen) atoms. The van der Waals surface area contributed by atoms with Crippen LogP contribution in [0.15, 0.2) is 18.2 Å². The second-order valence-corrected chi connectivity index (χ2v) is 5.99. The normalized spacial score (nSPS) is 25.3. The van der Waals surface area contributed by atoms with Gasteiger partial charge in [-0.25, -0.2) is 4.39 Å². The first-order valence-electron chi connectivity index (χ1n) is 6.74. The summed E-state index contributed by atoms with van der Waals surface area (Å²) in [5.41, 5.74) is 1.05. The Balaban J connectivity index is 1.87. The van der Waals surface area contributed by atoms with Crippen LogP contribution >= 0.6 is 11.6 Å². The maximum atomic E-state index is 13.1. The first-order chi connectivity index (χ1) is 8.56. The van der Waals surface area contributed by atoms with Crippen molar-refractivity contribution < 1.29 is 4.39 Å². The summed E-state index contributed by atoms with van der Waals surface area (Å²) in [6.07, 6.45) is 4.00. The standard InChI is InChI=1S/C15H21ClFN/c1-10-3-4-12(7-10)9-18-11(2)13-5-6-15(17)14(16)8-13/h5-6,8,10-12,18H,3-4,7,9H2,1-2H3. The molecule has 0 radical (unpaired) electrons. The molecule has 0 saturated heterocycles. The monoisotopic (exact) mass is 269 g/mol. The van der Waals surface area contributed by atoms with Crippen LogP contribution in [0, 0.1) is 17.7 Å². The van der Waals surface area contributed by atoms with E-state index < -0.39 is 0 Å². The fourth-order valence-corrected chi connectivity index (χ4v) is 2.94. The van der Waals surface area contributed by atoms with E-state index in [9.17, 15) is 4.39 Å². The van der Waals surface area contributed by atoms with E-state index in [-0.39, 0.29) is 16.9 Å². The number of hydrogen-bond donors (Lipinski definition) is 1. The molecule has 1 nitrogen and oxygen atoms in total. The number of benzene rings is 1. The molecule has 1 saturated carbocycles. The van der Waals surface area contributed by atoms with E-state index in [0.29, 0.717) is 0 Å².